The summed E-state index contributed by atoms with van der Waals surface area (Å²) in [6.45, 7) is 0. The van der Waals surface area contributed by atoms with Gasteiger partial charge in [0.1, 0.15) is 22.3 Å². The van der Waals surface area contributed by atoms with E-state index in [2.05, 4.69) is 6.07 Å². The largest absolute Gasteiger partial charge is 0.456 e. The first-order valence-electron chi connectivity index (χ1n) is 12.6. The van der Waals surface area contributed by atoms with Crippen molar-refractivity contribution in [1.29, 1.82) is 0 Å². The van der Waals surface area contributed by atoms with Crippen LogP contribution in [0.2, 0.25) is 5.02 Å². The predicted molar refractivity (Wildman–Crippen MR) is 156 cm³/mol. The lowest BCUT2D eigenvalue weighted by Crippen LogP contribution is -2.00. The van der Waals surface area contributed by atoms with Crippen LogP contribution in [0.3, 0.4) is 0 Å². The van der Waals surface area contributed by atoms with Gasteiger partial charge in [-0.3, -0.25) is 0 Å². The smallest absolute Gasteiger partial charge is 0.164 e. The van der Waals surface area contributed by atoms with Crippen molar-refractivity contribution in [2.45, 2.75) is 0 Å². The zero-order valence-corrected chi connectivity index (χ0v) is 21.2. The van der Waals surface area contributed by atoms with Crippen molar-refractivity contribution in [2.75, 3.05) is 0 Å². The Bertz CT molecular complexity index is 2200. The van der Waals surface area contributed by atoms with Gasteiger partial charge in [-0.05, 0) is 30.3 Å². The van der Waals surface area contributed by atoms with E-state index in [1.54, 1.807) is 0 Å². The monoisotopic (exact) mass is 523 g/mol. The fourth-order valence-corrected chi connectivity index (χ4v) is 5.44. The molecule has 5 nitrogen and oxygen atoms in total. The lowest BCUT2D eigenvalue weighted by atomic mass is 10.0. The summed E-state index contributed by atoms with van der Waals surface area (Å²) in [6.07, 6.45) is 0. The molecule has 3 heterocycles. The van der Waals surface area contributed by atoms with Gasteiger partial charge in [0, 0.05) is 49.3 Å². The molecule has 3 aromatic heterocycles. The highest BCUT2D eigenvalue weighted by molar-refractivity contribution is 6.31. The minimum atomic E-state index is 0.562. The number of para-hydroxylation sites is 1. The number of hydrogen-bond acceptors (Lipinski definition) is 5. The fourth-order valence-electron chi connectivity index (χ4n) is 5.28. The first kappa shape index (κ1) is 22.0. The number of furan rings is 2. The van der Waals surface area contributed by atoms with E-state index in [0.717, 1.165) is 60.6 Å². The molecule has 0 amide bonds. The summed E-state index contributed by atoms with van der Waals surface area (Å²) in [4.78, 5) is 15.0. The summed E-state index contributed by atoms with van der Waals surface area (Å²) >= 11 is 6.26. The van der Waals surface area contributed by atoms with Crippen molar-refractivity contribution >= 4 is 55.5 Å². The van der Waals surface area contributed by atoms with E-state index in [1.807, 2.05) is 103 Å². The fraction of sp³-hybridized carbons (Fsp3) is 0. The topological polar surface area (TPSA) is 65.0 Å². The molecule has 0 unspecified atom stereocenters. The first-order chi connectivity index (χ1) is 19.2. The highest BCUT2D eigenvalue weighted by atomic mass is 35.5. The van der Waals surface area contributed by atoms with Crippen molar-refractivity contribution in [3.63, 3.8) is 0 Å². The van der Waals surface area contributed by atoms with Crippen molar-refractivity contribution in [3.05, 3.63) is 114 Å². The number of rotatable bonds is 3. The van der Waals surface area contributed by atoms with Crippen LogP contribution in [-0.4, -0.2) is 15.0 Å². The third-order valence-corrected chi connectivity index (χ3v) is 7.25. The maximum absolute atomic E-state index is 6.26. The average Bonchev–Trinajstić information content (AvgIpc) is 3.55. The molecule has 0 bridgehead atoms. The molecule has 0 aliphatic carbocycles. The summed E-state index contributed by atoms with van der Waals surface area (Å²) in [7, 11) is 0. The van der Waals surface area contributed by atoms with Crippen LogP contribution >= 0.6 is 11.6 Å². The van der Waals surface area contributed by atoms with Crippen LogP contribution < -0.4 is 0 Å². The second-order valence-corrected chi connectivity index (χ2v) is 9.81. The molecule has 0 saturated carbocycles. The molecule has 0 saturated heterocycles. The third-order valence-electron chi connectivity index (χ3n) is 7.01. The molecular formula is C33H18ClN3O2. The number of nitrogens with zero attached hydrogens (tertiary/aromatic N) is 3. The quantitative estimate of drug-likeness (QED) is 0.231. The van der Waals surface area contributed by atoms with Gasteiger partial charge in [0.25, 0.3) is 0 Å². The zero-order chi connectivity index (χ0) is 25.9. The number of halogens is 1. The van der Waals surface area contributed by atoms with Gasteiger partial charge in [0.15, 0.2) is 17.5 Å². The molecule has 0 N–H and O–H groups in total. The van der Waals surface area contributed by atoms with Crippen LogP contribution in [0.15, 0.2) is 118 Å². The maximum atomic E-state index is 6.26. The normalized spacial score (nSPS) is 11.7. The van der Waals surface area contributed by atoms with Crippen LogP contribution in [0.25, 0.3) is 78.0 Å². The van der Waals surface area contributed by atoms with E-state index in [1.165, 1.54) is 0 Å². The molecule has 39 heavy (non-hydrogen) atoms. The third kappa shape index (κ3) is 3.51. The minimum absolute atomic E-state index is 0.562. The Morgan fingerprint density at radius 3 is 1.74 bits per heavy atom. The molecule has 184 valence electrons. The van der Waals surface area contributed by atoms with Gasteiger partial charge in [0.05, 0.1) is 0 Å². The molecule has 0 aliphatic rings. The van der Waals surface area contributed by atoms with Gasteiger partial charge >= 0.3 is 0 Å². The van der Waals surface area contributed by atoms with Crippen LogP contribution in [0.1, 0.15) is 0 Å². The molecule has 0 radical (unpaired) electrons. The van der Waals surface area contributed by atoms with Gasteiger partial charge < -0.3 is 8.83 Å². The molecule has 0 aliphatic heterocycles. The zero-order valence-electron chi connectivity index (χ0n) is 20.4. The molecule has 0 atom stereocenters. The molecule has 8 aromatic rings. The summed E-state index contributed by atoms with van der Waals surface area (Å²) in [5.41, 5.74) is 5.73. The van der Waals surface area contributed by atoms with E-state index in [-0.39, 0.29) is 0 Å². The van der Waals surface area contributed by atoms with Gasteiger partial charge in [0.2, 0.25) is 0 Å². The first-order valence-corrected chi connectivity index (χ1v) is 12.9. The second-order valence-electron chi connectivity index (χ2n) is 9.37. The van der Waals surface area contributed by atoms with E-state index in [9.17, 15) is 0 Å². The van der Waals surface area contributed by atoms with E-state index >= 15 is 0 Å². The summed E-state index contributed by atoms with van der Waals surface area (Å²) in [5, 5.41) is 4.51. The standard InChI is InChI=1S/C33H18ClN3O2/c34-20-16-17-22-28(18-20)39-27-15-7-12-24(30(22)27)33-36-31(19-8-2-1-3-9-19)35-32(37-33)23-11-6-14-26-29(23)21-10-4-5-13-25(21)38-26/h1-18H. The van der Waals surface area contributed by atoms with Crippen molar-refractivity contribution in [1.82, 2.24) is 15.0 Å². The van der Waals surface area contributed by atoms with E-state index < -0.39 is 0 Å². The molecule has 0 fully saturated rings. The van der Waals surface area contributed by atoms with Gasteiger partial charge in [-0.25, -0.2) is 15.0 Å². The van der Waals surface area contributed by atoms with E-state index in [0.29, 0.717) is 22.5 Å². The Hall–Kier alpha value is -5.00. The van der Waals surface area contributed by atoms with Crippen LogP contribution in [0.5, 0.6) is 0 Å². The van der Waals surface area contributed by atoms with Crippen LogP contribution in [0.4, 0.5) is 0 Å². The van der Waals surface area contributed by atoms with Crippen LogP contribution in [0, 0.1) is 0 Å². The molecule has 0 spiro atoms. The van der Waals surface area contributed by atoms with E-state index in [4.69, 9.17) is 35.4 Å². The number of hydrogen-bond donors (Lipinski definition) is 0. The second kappa shape index (κ2) is 8.51. The average molecular weight is 524 g/mol. The Balaban J connectivity index is 1.45. The lowest BCUT2D eigenvalue weighted by molar-refractivity contribution is 0.668. The summed E-state index contributed by atoms with van der Waals surface area (Å²) in [6, 6.07) is 35.6. The summed E-state index contributed by atoms with van der Waals surface area (Å²) < 4.78 is 12.3. The summed E-state index contributed by atoms with van der Waals surface area (Å²) in [5.74, 6) is 1.73. The highest BCUT2D eigenvalue weighted by Gasteiger charge is 2.20. The van der Waals surface area contributed by atoms with Gasteiger partial charge in [-0.2, -0.15) is 0 Å². The maximum Gasteiger partial charge on any atom is 0.164 e. The number of benzene rings is 5. The Morgan fingerprint density at radius 1 is 0.462 bits per heavy atom. The number of aromatic nitrogens is 3. The Labute approximate surface area is 227 Å². The highest BCUT2D eigenvalue weighted by Crippen LogP contribution is 2.39. The minimum Gasteiger partial charge on any atom is -0.456 e. The molecular weight excluding hydrogens is 506 g/mol. The van der Waals surface area contributed by atoms with Gasteiger partial charge in [-0.15, -0.1) is 0 Å². The molecule has 5 aromatic carbocycles. The lowest BCUT2D eigenvalue weighted by Gasteiger charge is -2.10. The van der Waals surface area contributed by atoms with Crippen LogP contribution in [-0.2, 0) is 0 Å². The van der Waals surface area contributed by atoms with Crippen molar-refractivity contribution in [3.8, 4) is 34.2 Å². The number of fused-ring (bicyclic) bond motifs is 6. The SMILES string of the molecule is Clc1ccc2c(c1)oc1cccc(-c3nc(-c4ccccc4)nc(-c4cccc5oc6ccccc6c45)n3)c12. The Morgan fingerprint density at radius 2 is 1.03 bits per heavy atom. The molecule has 6 heteroatoms. The Kier molecular flexibility index (Phi) is 4.81. The van der Waals surface area contributed by atoms with Gasteiger partial charge in [-0.1, -0.05) is 84.4 Å². The molecule has 8 rings (SSSR count). The van der Waals surface area contributed by atoms with Crippen molar-refractivity contribution < 1.29 is 8.83 Å². The predicted octanol–water partition coefficient (Wildman–Crippen LogP) is 9.32. The van der Waals surface area contributed by atoms with Crippen molar-refractivity contribution in [2.24, 2.45) is 0 Å².